The lowest BCUT2D eigenvalue weighted by Crippen LogP contribution is -2.21. The van der Waals surface area contributed by atoms with Gasteiger partial charge in [0.2, 0.25) is 0 Å². The summed E-state index contributed by atoms with van der Waals surface area (Å²) in [4.78, 5) is 26.3. The van der Waals surface area contributed by atoms with E-state index < -0.39 is 5.97 Å². The Morgan fingerprint density at radius 1 is 1.25 bits per heavy atom. The van der Waals surface area contributed by atoms with Gasteiger partial charge in [-0.3, -0.25) is 4.79 Å². The van der Waals surface area contributed by atoms with E-state index in [9.17, 15) is 14.7 Å². The Morgan fingerprint density at radius 2 is 1.93 bits per heavy atom. The summed E-state index contributed by atoms with van der Waals surface area (Å²) in [6.07, 6.45) is 1.78. The average Bonchev–Trinajstić information content (AvgIpc) is 2.96. The predicted molar refractivity (Wildman–Crippen MR) is 112 cm³/mol. The van der Waals surface area contributed by atoms with Crippen LogP contribution in [0.3, 0.4) is 0 Å². The van der Waals surface area contributed by atoms with Crippen molar-refractivity contribution in [2.45, 2.75) is 13.8 Å². The van der Waals surface area contributed by atoms with Crippen molar-refractivity contribution in [1.82, 2.24) is 0 Å². The van der Waals surface area contributed by atoms with Gasteiger partial charge in [0.25, 0.3) is 5.91 Å². The molecular formula is C21H20ClN3O3. The van der Waals surface area contributed by atoms with Crippen LogP contribution in [0.5, 0.6) is 0 Å². The number of halogens is 1. The third kappa shape index (κ3) is 3.77. The molecule has 7 heteroatoms. The Kier molecular flexibility index (Phi) is 5.51. The van der Waals surface area contributed by atoms with E-state index in [0.717, 1.165) is 17.8 Å². The molecule has 1 aliphatic heterocycles. The van der Waals surface area contributed by atoms with E-state index in [1.807, 2.05) is 31.3 Å². The maximum atomic E-state index is 12.9. The van der Waals surface area contributed by atoms with Crippen molar-refractivity contribution < 1.29 is 14.7 Å². The zero-order chi connectivity index (χ0) is 20.4. The van der Waals surface area contributed by atoms with Crippen LogP contribution in [0.2, 0.25) is 5.02 Å². The van der Waals surface area contributed by atoms with Crippen molar-refractivity contribution >= 4 is 46.6 Å². The number of carbonyl (C=O) groups is 2. The standard InChI is InChI=1S/C21H20ClN3O3/c1-4-24(3)15-7-5-14(6-8-15)11-17-13(2)23-25(20(17)26)16-9-10-19(22)18(12-16)21(27)28/h5-12H,4H2,1-3H3,(H,27,28)/b17-11-. The fraction of sp³-hybridized carbons (Fsp3) is 0.190. The molecule has 0 aliphatic carbocycles. The molecule has 0 spiro atoms. The Balaban J connectivity index is 1.90. The molecule has 0 unspecified atom stereocenters. The van der Waals surface area contributed by atoms with Crippen LogP contribution in [-0.2, 0) is 4.79 Å². The molecule has 0 fully saturated rings. The number of carbonyl (C=O) groups excluding carboxylic acids is 1. The van der Waals surface area contributed by atoms with E-state index in [4.69, 9.17) is 11.6 Å². The highest BCUT2D eigenvalue weighted by Crippen LogP contribution is 2.29. The number of benzene rings is 2. The molecule has 1 N–H and O–H groups in total. The van der Waals surface area contributed by atoms with Gasteiger partial charge in [0, 0.05) is 19.3 Å². The van der Waals surface area contributed by atoms with Crippen molar-refractivity contribution in [3.8, 4) is 0 Å². The van der Waals surface area contributed by atoms with E-state index in [1.165, 1.54) is 17.1 Å². The lowest BCUT2D eigenvalue weighted by atomic mass is 10.1. The van der Waals surface area contributed by atoms with Gasteiger partial charge in [-0.1, -0.05) is 23.7 Å². The van der Waals surface area contributed by atoms with E-state index >= 15 is 0 Å². The molecule has 1 amide bonds. The van der Waals surface area contributed by atoms with Crippen LogP contribution in [0.25, 0.3) is 6.08 Å². The number of aromatic carboxylic acids is 1. The van der Waals surface area contributed by atoms with Crippen molar-refractivity contribution in [3.05, 3.63) is 64.2 Å². The highest BCUT2D eigenvalue weighted by molar-refractivity contribution is 6.34. The maximum absolute atomic E-state index is 12.9. The smallest absolute Gasteiger partial charge is 0.337 e. The first-order valence-electron chi connectivity index (χ1n) is 8.77. The summed E-state index contributed by atoms with van der Waals surface area (Å²) >= 11 is 5.91. The van der Waals surface area contributed by atoms with Gasteiger partial charge in [0.05, 0.1) is 27.6 Å². The maximum Gasteiger partial charge on any atom is 0.337 e. The molecule has 0 atom stereocenters. The molecule has 3 rings (SSSR count). The second-order valence-corrected chi connectivity index (χ2v) is 6.84. The first kappa shape index (κ1) is 19.6. The SMILES string of the molecule is CCN(C)c1ccc(/C=C2\C(=O)N(c3ccc(Cl)c(C(=O)O)c3)N=C2C)cc1. The first-order valence-corrected chi connectivity index (χ1v) is 9.15. The molecule has 0 saturated carbocycles. The van der Waals surface area contributed by atoms with Crippen molar-refractivity contribution in [2.75, 3.05) is 23.5 Å². The summed E-state index contributed by atoms with van der Waals surface area (Å²) in [5.41, 5.74) is 3.28. The summed E-state index contributed by atoms with van der Waals surface area (Å²) in [6.45, 7) is 4.73. The van der Waals surface area contributed by atoms with E-state index in [1.54, 1.807) is 19.1 Å². The molecule has 0 bridgehead atoms. The minimum absolute atomic E-state index is 0.0760. The van der Waals surface area contributed by atoms with Crippen LogP contribution in [-0.4, -0.2) is 36.3 Å². The monoisotopic (exact) mass is 397 g/mol. The molecule has 1 heterocycles. The number of amides is 1. The van der Waals surface area contributed by atoms with Gasteiger partial charge in [-0.2, -0.15) is 10.1 Å². The van der Waals surface area contributed by atoms with Gasteiger partial charge in [0.1, 0.15) is 0 Å². The zero-order valence-corrected chi connectivity index (χ0v) is 16.6. The van der Waals surface area contributed by atoms with Crippen molar-refractivity contribution in [2.24, 2.45) is 5.10 Å². The Morgan fingerprint density at radius 3 is 2.54 bits per heavy atom. The highest BCUT2D eigenvalue weighted by atomic mass is 35.5. The largest absolute Gasteiger partial charge is 0.478 e. The van der Waals surface area contributed by atoms with Gasteiger partial charge in [-0.25, -0.2) is 4.79 Å². The lowest BCUT2D eigenvalue weighted by Gasteiger charge is -2.16. The number of carboxylic acids is 1. The van der Waals surface area contributed by atoms with Crippen LogP contribution in [0, 0.1) is 0 Å². The zero-order valence-electron chi connectivity index (χ0n) is 15.8. The van der Waals surface area contributed by atoms with Gasteiger partial charge in [-0.05, 0) is 55.8 Å². The van der Waals surface area contributed by atoms with Gasteiger partial charge < -0.3 is 10.0 Å². The number of anilines is 2. The molecule has 0 saturated heterocycles. The second-order valence-electron chi connectivity index (χ2n) is 6.44. The third-order valence-electron chi connectivity index (χ3n) is 4.61. The van der Waals surface area contributed by atoms with E-state index in [0.29, 0.717) is 17.0 Å². The minimum atomic E-state index is -1.16. The molecule has 2 aromatic rings. The van der Waals surface area contributed by atoms with Gasteiger partial charge >= 0.3 is 5.97 Å². The van der Waals surface area contributed by atoms with Gasteiger partial charge in [-0.15, -0.1) is 0 Å². The Labute approximate surface area is 168 Å². The van der Waals surface area contributed by atoms with Crippen LogP contribution < -0.4 is 9.91 Å². The third-order valence-corrected chi connectivity index (χ3v) is 4.94. The predicted octanol–water partition coefficient (Wildman–Crippen LogP) is 4.30. The molecule has 2 aromatic carbocycles. The highest BCUT2D eigenvalue weighted by Gasteiger charge is 2.29. The molecule has 1 aliphatic rings. The summed E-state index contributed by atoms with van der Waals surface area (Å²) in [5, 5.41) is 14.8. The molecule has 0 aromatic heterocycles. The number of hydrazone groups is 1. The number of nitrogens with zero attached hydrogens (tertiary/aromatic N) is 3. The Bertz CT molecular complexity index is 996. The summed E-state index contributed by atoms with van der Waals surface area (Å²) in [7, 11) is 2.01. The van der Waals surface area contributed by atoms with E-state index in [2.05, 4.69) is 16.9 Å². The average molecular weight is 398 g/mol. The number of hydrogen-bond acceptors (Lipinski definition) is 4. The molecular weight excluding hydrogens is 378 g/mol. The van der Waals surface area contributed by atoms with Gasteiger partial charge in [0.15, 0.2) is 0 Å². The summed E-state index contributed by atoms with van der Waals surface area (Å²) in [5.74, 6) is -1.47. The quantitative estimate of drug-likeness (QED) is 0.763. The molecule has 0 radical (unpaired) electrons. The number of hydrogen-bond donors (Lipinski definition) is 1. The summed E-state index contributed by atoms with van der Waals surface area (Å²) < 4.78 is 0. The molecule has 28 heavy (non-hydrogen) atoms. The topological polar surface area (TPSA) is 73.2 Å². The van der Waals surface area contributed by atoms with Crippen molar-refractivity contribution in [1.29, 1.82) is 0 Å². The van der Waals surface area contributed by atoms with Crippen LogP contribution in [0.1, 0.15) is 29.8 Å². The Hall–Kier alpha value is -3.12. The summed E-state index contributed by atoms with van der Waals surface area (Å²) in [6, 6.07) is 12.3. The number of rotatable bonds is 5. The van der Waals surface area contributed by atoms with Crippen molar-refractivity contribution in [3.63, 3.8) is 0 Å². The van der Waals surface area contributed by atoms with Crippen LogP contribution in [0.4, 0.5) is 11.4 Å². The lowest BCUT2D eigenvalue weighted by molar-refractivity contribution is -0.114. The second kappa shape index (κ2) is 7.86. The first-order chi connectivity index (χ1) is 13.3. The molecule has 6 nitrogen and oxygen atoms in total. The fourth-order valence-electron chi connectivity index (χ4n) is 2.84. The number of carboxylic acid groups (broad SMARTS) is 1. The minimum Gasteiger partial charge on any atom is -0.478 e. The normalized spacial score (nSPS) is 15.1. The fourth-order valence-corrected chi connectivity index (χ4v) is 3.04. The van der Waals surface area contributed by atoms with E-state index in [-0.39, 0.29) is 16.5 Å². The molecule has 144 valence electrons. The van der Waals surface area contributed by atoms with Crippen LogP contribution in [0.15, 0.2) is 53.1 Å². The van der Waals surface area contributed by atoms with Crippen LogP contribution >= 0.6 is 11.6 Å².